The fourth-order valence-corrected chi connectivity index (χ4v) is 3.88. The summed E-state index contributed by atoms with van der Waals surface area (Å²) in [5.41, 5.74) is 2.19. The SMILES string of the molecule is CCN1CCN(c2ccc(CNC(=NC)N(C)Cc3ccc(OC)cc3OC)cn2)CC1.I. The molecule has 0 amide bonds. The summed E-state index contributed by atoms with van der Waals surface area (Å²) in [6.07, 6.45) is 1.95. The summed E-state index contributed by atoms with van der Waals surface area (Å²) in [4.78, 5) is 16.0. The Balaban J connectivity index is 0.00000385. The van der Waals surface area contributed by atoms with Gasteiger partial charge in [-0.3, -0.25) is 4.99 Å². The average Bonchev–Trinajstić information content (AvgIpc) is 2.85. The van der Waals surface area contributed by atoms with Crippen molar-refractivity contribution in [1.82, 2.24) is 20.1 Å². The van der Waals surface area contributed by atoms with Gasteiger partial charge in [-0.15, -0.1) is 24.0 Å². The van der Waals surface area contributed by atoms with Crippen molar-refractivity contribution in [2.24, 2.45) is 4.99 Å². The standard InChI is InChI=1S/C24H36N6O2.HI/c1-6-29-11-13-30(14-12-29)23-10-7-19(16-26-23)17-27-24(25-2)28(3)18-20-8-9-21(31-4)15-22(20)32-5;/h7-10,15-16H,6,11-14,17-18H2,1-5H3,(H,25,27);1H. The van der Waals surface area contributed by atoms with Gasteiger partial charge in [-0.1, -0.05) is 13.0 Å². The van der Waals surface area contributed by atoms with Gasteiger partial charge < -0.3 is 29.5 Å². The van der Waals surface area contributed by atoms with Crippen LogP contribution in [0.4, 0.5) is 5.82 Å². The van der Waals surface area contributed by atoms with Gasteiger partial charge in [-0.05, 0) is 30.3 Å². The maximum Gasteiger partial charge on any atom is 0.193 e. The third-order valence-electron chi connectivity index (χ3n) is 5.88. The third-order valence-corrected chi connectivity index (χ3v) is 5.88. The largest absolute Gasteiger partial charge is 0.497 e. The van der Waals surface area contributed by atoms with E-state index < -0.39 is 0 Å². The van der Waals surface area contributed by atoms with Gasteiger partial charge in [0.2, 0.25) is 0 Å². The first-order chi connectivity index (χ1) is 15.6. The molecule has 1 aromatic heterocycles. The number of hydrogen-bond donors (Lipinski definition) is 1. The number of ether oxygens (including phenoxy) is 2. The van der Waals surface area contributed by atoms with Crippen LogP contribution < -0.4 is 19.7 Å². The molecule has 1 aliphatic heterocycles. The number of halogens is 1. The summed E-state index contributed by atoms with van der Waals surface area (Å²) >= 11 is 0. The van der Waals surface area contributed by atoms with Gasteiger partial charge in [0, 0.05) is 71.2 Å². The number of pyridine rings is 1. The van der Waals surface area contributed by atoms with Crippen LogP contribution in [0.2, 0.25) is 0 Å². The van der Waals surface area contributed by atoms with Crippen molar-refractivity contribution < 1.29 is 9.47 Å². The monoisotopic (exact) mass is 568 g/mol. The molecule has 0 atom stereocenters. The Morgan fingerprint density at radius 1 is 1.12 bits per heavy atom. The van der Waals surface area contributed by atoms with Gasteiger partial charge in [0.25, 0.3) is 0 Å². The molecule has 2 heterocycles. The minimum Gasteiger partial charge on any atom is -0.497 e. The molecule has 0 unspecified atom stereocenters. The summed E-state index contributed by atoms with van der Waals surface area (Å²) in [5.74, 6) is 3.44. The van der Waals surface area contributed by atoms with E-state index in [1.54, 1.807) is 21.3 Å². The van der Waals surface area contributed by atoms with Crippen molar-refractivity contribution >= 4 is 35.8 Å². The number of anilines is 1. The molecular weight excluding hydrogens is 531 g/mol. The zero-order chi connectivity index (χ0) is 22.9. The molecule has 0 spiro atoms. The van der Waals surface area contributed by atoms with Crippen LogP contribution in [0.15, 0.2) is 41.5 Å². The Hall–Kier alpha value is -2.27. The van der Waals surface area contributed by atoms with Gasteiger partial charge in [0.15, 0.2) is 5.96 Å². The highest BCUT2D eigenvalue weighted by molar-refractivity contribution is 14.0. The molecule has 1 aromatic carbocycles. The van der Waals surface area contributed by atoms with Crippen molar-refractivity contribution in [2.75, 3.05) is 65.9 Å². The van der Waals surface area contributed by atoms with E-state index in [0.29, 0.717) is 13.1 Å². The first-order valence-electron chi connectivity index (χ1n) is 11.1. The molecule has 9 heteroatoms. The molecule has 0 radical (unpaired) electrons. The average molecular weight is 569 g/mol. The fourth-order valence-electron chi connectivity index (χ4n) is 3.88. The van der Waals surface area contributed by atoms with E-state index in [4.69, 9.17) is 14.5 Å². The van der Waals surface area contributed by atoms with Crippen LogP contribution in [0.5, 0.6) is 11.5 Å². The second-order valence-electron chi connectivity index (χ2n) is 7.88. The number of aliphatic imine (C=N–C) groups is 1. The summed E-state index contributed by atoms with van der Waals surface area (Å²) in [6.45, 7) is 8.92. The van der Waals surface area contributed by atoms with E-state index in [-0.39, 0.29) is 24.0 Å². The maximum atomic E-state index is 5.52. The number of likely N-dealkylation sites (N-methyl/N-ethyl adjacent to an activating group) is 1. The molecule has 1 N–H and O–H groups in total. The van der Waals surface area contributed by atoms with E-state index in [2.05, 4.69) is 44.1 Å². The zero-order valence-corrected chi connectivity index (χ0v) is 22.7. The van der Waals surface area contributed by atoms with Crippen molar-refractivity contribution in [3.63, 3.8) is 0 Å². The Labute approximate surface area is 215 Å². The first-order valence-corrected chi connectivity index (χ1v) is 11.1. The van der Waals surface area contributed by atoms with E-state index >= 15 is 0 Å². The van der Waals surface area contributed by atoms with Crippen LogP contribution in [0.25, 0.3) is 0 Å². The topological polar surface area (TPSA) is 65.5 Å². The van der Waals surface area contributed by atoms with Crippen LogP contribution in [-0.2, 0) is 13.1 Å². The Morgan fingerprint density at radius 3 is 2.45 bits per heavy atom. The molecule has 2 aromatic rings. The number of aromatic nitrogens is 1. The first kappa shape index (κ1) is 27.0. The van der Waals surface area contributed by atoms with Gasteiger partial charge >= 0.3 is 0 Å². The van der Waals surface area contributed by atoms with Gasteiger partial charge in [0.05, 0.1) is 14.2 Å². The number of guanidine groups is 1. The van der Waals surface area contributed by atoms with E-state index in [9.17, 15) is 0 Å². The van der Waals surface area contributed by atoms with Crippen LogP contribution in [0.1, 0.15) is 18.1 Å². The summed E-state index contributed by atoms with van der Waals surface area (Å²) < 4.78 is 10.8. The molecule has 1 fully saturated rings. The number of hydrogen-bond acceptors (Lipinski definition) is 6. The highest BCUT2D eigenvalue weighted by atomic mass is 127. The molecule has 33 heavy (non-hydrogen) atoms. The molecular formula is C24H37IN6O2. The van der Waals surface area contributed by atoms with Gasteiger partial charge in [-0.2, -0.15) is 0 Å². The number of rotatable bonds is 8. The summed E-state index contributed by atoms with van der Waals surface area (Å²) in [7, 11) is 7.13. The second-order valence-corrected chi connectivity index (χ2v) is 7.88. The maximum absolute atomic E-state index is 5.52. The number of nitrogens with zero attached hydrogens (tertiary/aromatic N) is 5. The molecule has 8 nitrogen and oxygen atoms in total. The normalized spacial score (nSPS) is 14.5. The van der Waals surface area contributed by atoms with Crippen LogP contribution in [-0.4, -0.2) is 81.8 Å². The smallest absolute Gasteiger partial charge is 0.193 e. The predicted octanol–water partition coefficient (Wildman–Crippen LogP) is 3.07. The number of piperazine rings is 1. The van der Waals surface area contributed by atoms with E-state index in [1.165, 1.54) is 0 Å². The number of benzene rings is 1. The lowest BCUT2D eigenvalue weighted by Gasteiger charge is -2.34. The van der Waals surface area contributed by atoms with E-state index in [0.717, 1.165) is 67.1 Å². The molecule has 0 bridgehead atoms. The Kier molecular flexibility index (Phi) is 11.0. The minimum absolute atomic E-state index is 0. The van der Waals surface area contributed by atoms with Crippen LogP contribution in [0, 0.1) is 0 Å². The lowest BCUT2D eigenvalue weighted by molar-refractivity contribution is 0.270. The van der Waals surface area contributed by atoms with Gasteiger partial charge in [-0.25, -0.2) is 4.98 Å². The lowest BCUT2D eigenvalue weighted by atomic mass is 10.2. The molecule has 0 saturated carbocycles. The van der Waals surface area contributed by atoms with Crippen molar-refractivity contribution in [2.45, 2.75) is 20.0 Å². The lowest BCUT2D eigenvalue weighted by Crippen LogP contribution is -2.46. The molecule has 1 aliphatic rings. The Bertz CT molecular complexity index is 885. The number of methoxy groups -OCH3 is 2. The van der Waals surface area contributed by atoms with Gasteiger partial charge in [0.1, 0.15) is 17.3 Å². The Morgan fingerprint density at radius 2 is 1.88 bits per heavy atom. The van der Waals surface area contributed by atoms with Crippen LogP contribution >= 0.6 is 24.0 Å². The molecule has 182 valence electrons. The summed E-state index contributed by atoms with van der Waals surface area (Å²) in [5, 5.41) is 3.43. The molecule has 3 rings (SSSR count). The van der Waals surface area contributed by atoms with Crippen molar-refractivity contribution in [3.8, 4) is 11.5 Å². The van der Waals surface area contributed by atoms with Crippen LogP contribution in [0.3, 0.4) is 0 Å². The molecule has 0 aliphatic carbocycles. The molecule has 1 saturated heterocycles. The second kappa shape index (κ2) is 13.4. The fraction of sp³-hybridized carbons (Fsp3) is 0.500. The summed E-state index contributed by atoms with van der Waals surface area (Å²) in [6, 6.07) is 10.1. The number of nitrogens with one attached hydrogen (secondary N) is 1. The predicted molar refractivity (Wildman–Crippen MR) is 145 cm³/mol. The zero-order valence-electron chi connectivity index (χ0n) is 20.4. The highest BCUT2D eigenvalue weighted by Crippen LogP contribution is 2.25. The van der Waals surface area contributed by atoms with Crippen molar-refractivity contribution in [3.05, 3.63) is 47.7 Å². The van der Waals surface area contributed by atoms with Crippen molar-refractivity contribution in [1.29, 1.82) is 0 Å². The minimum atomic E-state index is 0. The van der Waals surface area contributed by atoms with E-state index in [1.807, 2.05) is 31.4 Å². The third kappa shape index (κ3) is 7.36. The highest BCUT2D eigenvalue weighted by Gasteiger charge is 2.16. The quantitative estimate of drug-likeness (QED) is 0.299.